The monoisotopic (exact) mass is 620 g/mol. The molecule has 15 heteroatoms. The van der Waals surface area contributed by atoms with Crippen LogP contribution in [0, 0.1) is 46.5 Å². The van der Waals surface area contributed by atoms with Crippen molar-refractivity contribution in [2.75, 3.05) is 7.11 Å². The van der Waals surface area contributed by atoms with E-state index in [-0.39, 0.29) is 12.1 Å². The molecule has 42 heavy (non-hydrogen) atoms. The summed E-state index contributed by atoms with van der Waals surface area (Å²) in [5, 5.41) is -6.69. The van der Waals surface area contributed by atoms with Gasteiger partial charge in [0.1, 0.15) is 5.75 Å². The van der Waals surface area contributed by atoms with E-state index in [2.05, 4.69) is 0 Å². The molecule has 0 fully saturated rings. The summed E-state index contributed by atoms with van der Waals surface area (Å²) in [5.41, 5.74) is -10.5. The number of alkyl halides is 6. The predicted molar refractivity (Wildman–Crippen MR) is 122 cm³/mol. The van der Waals surface area contributed by atoms with E-state index in [4.69, 9.17) is 4.74 Å². The van der Waals surface area contributed by atoms with Crippen molar-refractivity contribution in [2.45, 2.75) is 38.5 Å². The lowest BCUT2D eigenvalue weighted by molar-refractivity contribution is -0.139. The maximum absolute atomic E-state index is 15.4. The Morgan fingerprint density at radius 1 is 0.500 bits per heavy atom. The maximum Gasteiger partial charge on any atom is 0.420 e. The minimum Gasteiger partial charge on any atom is -0.495 e. The normalized spacial score (nSPS) is 13.0. The Bertz CT molecular complexity index is 1790. The van der Waals surface area contributed by atoms with Crippen molar-refractivity contribution in [1.82, 2.24) is 0 Å². The van der Waals surface area contributed by atoms with E-state index in [0.717, 1.165) is 20.8 Å². The first-order valence-corrected chi connectivity index (χ1v) is 11.4. The highest BCUT2D eigenvalue weighted by Crippen LogP contribution is 2.54. The molecule has 1 nitrogen and oxygen atoms in total. The SMILES string of the molecule is COc1c(C(F)(F)F)cc2c(F)c(F)c(F)c(F)c2c1-c1c(C(C)(C)C)c(C(F)(F)F)cc2c(F)c(F)c(F)c(F)c12. The van der Waals surface area contributed by atoms with Gasteiger partial charge in [0.15, 0.2) is 46.5 Å². The van der Waals surface area contributed by atoms with Crippen molar-refractivity contribution >= 4 is 21.5 Å². The molecule has 0 atom stereocenters. The van der Waals surface area contributed by atoms with Gasteiger partial charge in [0.25, 0.3) is 0 Å². The second kappa shape index (κ2) is 9.63. The number of halogens is 14. The maximum atomic E-state index is 15.4. The molecule has 0 saturated carbocycles. The Balaban J connectivity index is 2.61. The van der Waals surface area contributed by atoms with Gasteiger partial charge in [-0.1, -0.05) is 20.8 Å². The van der Waals surface area contributed by atoms with Crippen molar-refractivity contribution in [1.29, 1.82) is 0 Å². The van der Waals surface area contributed by atoms with E-state index >= 15 is 8.78 Å². The average molecular weight is 620 g/mol. The first kappa shape index (κ1) is 31.2. The second-order valence-electron chi connectivity index (χ2n) is 10.1. The first-order valence-electron chi connectivity index (χ1n) is 11.4. The molecular formula is C27H14F14O. The summed E-state index contributed by atoms with van der Waals surface area (Å²) in [6, 6.07) is -0.373. The van der Waals surface area contributed by atoms with Crippen LogP contribution in [-0.2, 0) is 17.8 Å². The van der Waals surface area contributed by atoms with E-state index in [1.165, 1.54) is 0 Å². The Morgan fingerprint density at radius 2 is 0.857 bits per heavy atom. The highest BCUT2D eigenvalue weighted by atomic mass is 19.4. The summed E-state index contributed by atoms with van der Waals surface area (Å²) in [6.45, 7) is 2.96. The van der Waals surface area contributed by atoms with Crippen LogP contribution in [0.15, 0.2) is 12.1 Å². The highest BCUT2D eigenvalue weighted by molar-refractivity contribution is 6.11. The molecule has 226 valence electrons. The molecule has 4 aromatic carbocycles. The molecule has 0 aromatic heterocycles. The topological polar surface area (TPSA) is 9.23 Å². The zero-order valence-electron chi connectivity index (χ0n) is 21.4. The standard InChI is InChI=1S/C27H14F14O/c1-25(2,3)15-9(26(36,37)38)5-7-11(18(30)22(34)20(32)16(7)28)13(15)14-12-8(17(29)21(33)23(35)19(12)31)6-10(24(14)42-4)27(39,40)41/h5-6H,1-4H3. The van der Waals surface area contributed by atoms with Crippen molar-refractivity contribution in [3.8, 4) is 16.9 Å². The number of benzene rings is 4. The molecule has 0 spiro atoms. The molecule has 0 aliphatic carbocycles. The van der Waals surface area contributed by atoms with Gasteiger partial charge in [0.05, 0.1) is 18.2 Å². The average Bonchev–Trinajstić information content (AvgIpc) is 2.88. The van der Waals surface area contributed by atoms with Crippen LogP contribution >= 0.6 is 0 Å². The van der Waals surface area contributed by atoms with Crippen LogP contribution in [0.3, 0.4) is 0 Å². The molecule has 0 radical (unpaired) electrons. The van der Waals surface area contributed by atoms with Gasteiger partial charge in [0.2, 0.25) is 0 Å². The van der Waals surface area contributed by atoms with E-state index in [1.807, 2.05) is 0 Å². The third-order valence-electron chi connectivity index (χ3n) is 6.49. The van der Waals surface area contributed by atoms with E-state index in [9.17, 15) is 52.7 Å². The van der Waals surface area contributed by atoms with Crippen LogP contribution in [0.1, 0.15) is 37.5 Å². The van der Waals surface area contributed by atoms with Crippen molar-refractivity contribution in [3.05, 3.63) is 75.4 Å². The van der Waals surface area contributed by atoms with Gasteiger partial charge in [0, 0.05) is 32.7 Å². The molecule has 4 rings (SSSR count). The third kappa shape index (κ3) is 4.47. The van der Waals surface area contributed by atoms with Crippen LogP contribution in [0.5, 0.6) is 5.75 Å². The minimum absolute atomic E-state index is 0.139. The van der Waals surface area contributed by atoms with Crippen LogP contribution < -0.4 is 4.74 Å². The molecule has 0 aliphatic rings. The van der Waals surface area contributed by atoms with Gasteiger partial charge in [-0.15, -0.1) is 0 Å². The third-order valence-corrected chi connectivity index (χ3v) is 6.49. The molecule has 0 amide bonds. The molecule has 0 N–H and O–H groups in total. The van der Waals surface area contributed by atoms with Crippen LogP contribution in [0.25, 0.3) is 32.7 Å². The second-order valence-corrected chi connectivity index (χ2v) is 10.1. The Labute approximate surface area is 226 Å². The summed E-state index contributed by atoms with van der Waals surface area (Å²) < 4.78 is 208. The predicted octanol–water partition coefficient (Wildman–Crippen LogP) is 10.1. The van der Waals surface area contributed by atoms with Gasteiger partial charge < -0.3 is 4.74 Å². The highest BCUT2D eigenvalue weighted by Gasteiger charge is 2.44. The van der Waals surface area contributed by atoms with Crippen molar-refractivity contribution < 1.29 is 66.2 Å². The van der Waals surface area contributed by atoms with E-state index in [1.54, 1.807) is 0 Å². The summed E-state index contributed by atoms with van der Waals surface area (Å²) >= 11 is 0. The lowest BCUT2D eigenvalue weighted by atomic mass is 9.75. The van der Waals surface area contributed by atoms with Crippen LogP contribution in [-0.4, -0.2) is 7.11 Å². The summed E-state index contributed by atoms with van der Waals surface area (Å²) in [6.07, 6.45) is -11.2. The first-order chi connectivity index (χ1) is 19.1. The molecule has 0 aliphatic heterocycles. The Hall–Kier alpha value is -3.78. The lowest BCUT2D eigenvalue weighted by Crippen LogP contribution is -2.22. The zero-order valence-corrected chi connectivity index (χ0v) is 21.4. The number of ether oxygens (including phenoxy) is 1. The number of fused-ring (bicyclic) bond motifs is 2. The fraction of sp³-hybridized carbons (Fsp3) is 0.259. The van der Waals surface area contributed by atoms with Gasteiger partial charge >= 0.3 is 12.4 Å². The smallest absolute Gasteiger partial charge is 0.420 e. The Kier molecular flexibility index (Phi) is 7.14. The van der Waals surface area contributed by atoms with Gasteiger partial charge in [-0.2, -0.15) is 26.3 Å². The lowest BCUT2D eigenvalue weighted by Gasteiger charge is -2.31. The summed E-state index contributed by atoms with van der Waals surface area (Å²) in [5.74, 6) is -21.9. The molecule has 0 bridgehead atoms. The fourth-order valence-corrected chi connectivity index (χ4v) is 4.91. The molecule has 4 aromatic rings. The van der Waals surface area contributed by atoms with Crippen molar-refractivity contribution in [3.63, 3.8) is 0 Å². The Morgan fingerprint density at radius 3 is 1.21 bits per heavy atom. The van der Waals surface area contributed by atoms with Gasteiger partial charge in [-0.05, 0) is 23.1 Å². The van der Waals surface area contributed by atoms with E-state index in [0.29, 0.717) is 7.11 Å². The zero-order chi connectivity index (χ0) is 32.0. The van der Waals surface area contributed by atoms with Crippen LogP contribution in [0.4, 0.5) is 61.5 Å². The van der Waals surface area contributed by atoms with Crippen LogP contribution in [0.2, 0.25) is 0 Å². The number of hydrogen-bond donors (Lipinski definition) is 0. The molecular weight excluding hydrogens is 606 g/mol. The van der Waals surface area contributed by atoms with E-state index < -0.39 is 119 Å². The minimum atomic E-state index is -5.62. The van der Waals surface area contributed by atoms with Gasteiger partial charge in [-0.3, -0.25) is 0 Å². The molecule has 0 saturated heterocycles. The fourth-order valence-electron chi connectivity index (χ4n) is 4.91. The van der Waals surface area contributed by atoms with Crippen molar-refractivity contribution in [2.24, 2.45) is 0 Å². The number of methoxy groups -OCH3 is 1. The largest absolute Gasteiger partial charge is 0.495 e. The summed E-state index contributed by atoms with van der Waals surface area (Å²) in [4.78, 5) is 0. The quantitative estimate of drug-likeness (QED) is 0.123. The molecule has 0 unspecified atom stereocenters. The number of rotatable bonds is 2. The molecule has 0 heterocycles. The van der Waals surface area contributed by atoms with Gasteiger partial charge in [-0.25, -0.2) is 35.1 Å². The number of hydrogen-bond acceptors (Lipinski definition) is 1. The summed E-state index contributed by atoms with van der Waals surface area (Å²) in [7, 11) is 0.470.